The number of piperidine rings is 1. The van der Waals surface area contributed by atoms with E-state index in [4.69, 9.17) is 15.5 Å². The molecule has 214 valence electrons. The molecule has 2 saturated carbocycles. The highest BCUT2D eigenvalue weighted by molar-refractivity contribution is 6.00. The van der Waals surface area contributed by atoms with Crippen molar-refractivity contribution in [3.05, 3.63) is 72.0 Å². The molecule has 1 saturated heterocycles. The summed E-state index contributed by atoms with van der Waals surface area (Å²) in [4.78, 5) is 20.8. The van der Waals surface area contributed by atoms with E-state index in [1.165, 1.54) is 25.0 Å². The molecule has 2 aromatic heterocycles. The number of halogens is 1. The summed E-state index contributed by atoms with van der Waals surface area (Å²) >= 11 is 0. The number of hydrogen-bond acceptors (Lipinski definition) is 4. The van der Waals surface area contributed by atoms with Crippen LogP contribution in [0.25, 0.3) is 44.6 Å². The molecule has 3 heterocycles. The predicted molar refractivity (Wildman–Crippen MR) is 162 cm³/mol. The number of nitrogens with zero attached hydrogens (tertiary/aromatic N) is 4. The van der Waals surface area contributed by atoms with Gasteiger partial charge in [-0.25, -0.2) is 9.37 Å². The van der Waals surface area contributed by atoms with Crippen molar-refractivity contribution in [3.63, 3.8) is 0 Å². The van der Waals surface area contributed by atoms with Crippen molar-refractivity contribution in [2.24, 2.45) is 24.6 Å². The summed E-state index contributed by atoms with van der Waals surface area (Å²) in [5.74, 6) is 2.26. The molecule has 2 unspecified atom stereocenters. The summed E-state index contributed by atoms with van der Waals surface area (Å²) < 4.78 is 23.9. The maximum Gasteiger partial charge on any atom is 0.254 e. The first-order chi connectivity index (χ1) is 20.4. The number of imidazole rings is 1. The quantitative estimate of drug-likeness (QED) is 0.276. The Hall–Kier alpha value is -4.17. The molecule has 8 rings (SSSR count). The zero-order valence-corrected chi connectivity index (χ0v) is 23.9. The van der Waals surface area contributed by atoms with Crippen LogP contribution in [0.15, 0.2) is 60.7 Å². The molecule has 2 aliphatic carbocycles. The minimum Gasteiger partial charge on any atom is -0.494 e. The van der Waals surface area contributed by atoms with Crippen LogP contribution < -0.4 is 10.5 Å². The first-order valence-electron chi connectivity index (χ1n) is 14.9. The van der Waals surface area contributed by atoms with Gasteiger partial charge in [-0.05, 0) is 85.0 Å². The molecule has 2 bridgehead atoms. The van der Waals surface area contributed by atoms with E-state index in [0.29, 0.717) is 23.1 Å². The van der Waals surface area contributed by atoms with Crippen molar-refractivity contribution >= 4 is 27.8 Å². The van der Waals surface area contributed by atoms with Gasteiger partial charge in [0, 0.05) is 48.7 Å². The molecule has 3 atom stereocenters. The molecule has 0 radical (unpaired) electrons. The minimum atomic E-state index is -0.238. The van der Waals surface area contributed by atoms with Crippen molar-refractivity contribution < 1.29 is 13.9 Å². The highest BCUT2D eigenvalue weighted by Gasteiger charge is 2.47. The molecule has 1 amide bonds. The Bertz CT molecular complexity index is 1870. The number of likely N-dealkylation sites (tertiary alicyclic amines) is 1. The fraction of sp³-hybridized carbons (Fsp3) is 0.353. The van der Waals surface area contributed by atoms with E-state index in [1.54, 1.807) is 7.11 Å². The Labute approximate surface area is 243 Å². The SMILES string of the molecule is COc1cc(C(=O)N2CC3CCC2[C@@H]3N)cc2nc(-c3cc4ccc(-c5ccc(F)cc5)cc4n3CC3CC3)n(C)c12. The van der Waals surface area contributed by atoms with Gasteiger partial charge in [0.2, 0.25) is 0 Å². The summed E-state index contributed by atoms with van der Waals surface area (Å²) in [5, 5.41) is 1.13. The van der Waals surface area contributed by atoms with Crippen LogP contribution in [0.2, 0.25) is 0 Å². The van der Waals surface area contributed by atoms with Crippen molar-refractivity contribution in [3.8, 4) is 28.4 Å². The number of carbonyl (C=O) groups is 1. The lowest BCUT2D eigenvalue weighted by Gasteiger charge is -2.27. The normalized spacial score (nSPS) is 21.6. The first-order valence-corrected chi connectivity index (χ1v) is 14.9. The van der Waals surface area contributed by atoms with Crippen molar-refractivity contribution in [2.45, 2.75) is 44.3 Å². The number of aryl methyl sites for hydroxylation is 1. The van der Waals surface area contributed by atoms with Crippen LogP contribution in [0.4, 0.5) is 4.39 Å². The van der Waals surface area contributed by atoms with Gasteiger partial charge in [0.05, 0.1) is 18.3 Å². The number of benzene rings is 3. The maximum atomic E-state index is 13.7. The second kappa shape index (κ2) is 9.42. The van der Waals surface area contributed by atoms with Gasteiger partial charge in [-0.3, -0.25) is 4.79 Å². The number of fused-ring (bicyclic) bond motifs is 4. The van der Waals surface area contributed by atoms with Gasteiger partial charge in [-0.15, -0.1) is 0 Å². The van der Waals surface area contributed by atoms with Crippen LogP contribution in [-0.2, 0) is 13.6 Å². The molecule has 1 aliphatic heterocycles. The molecular weight excluding hydrogens is 529 g/mol. The fourth-order valence-electron chi connectivity index (χ4n) is 7.28. The van der Waals surface area contributed by atoms with Crippen molar-refractivity contribution in [1.29, 1.82) is 0 Å². The first kappa shape index (κ1) is 25.5. The molecule has 42 heavy (non-hydrogen) atoms. The highest BCUT2D eigenvalue weighted by atomic mass is 19.1. The Balaban J connectivity index is 1.24. The van der Waals surface area contributed by atoms with Gasteiger partial charge < -0.3 is 24.5 Å². The molecule has 8 heteroatoms. The third kappa shape index (κ3) is 3.96. The third-order valence-corrected chi connectivity index (χ3v) is 9.76. The van der Waals surface area contributed by atoms with E-state index in [2.05, 4.69) is 33.4 Å². The molecule has 0 spiro atoms. The van der Waals surface area contributed by atoms with E-state index in [1.807, 2.05) is 36.2 Å². The Morgan fingerprint density at radius 2 is 1.81 bits per heavy atom. The van der Waals surface area contributed by atoms with Crippen LogP contribution in [0.1, 0.15) is 36.0 Å². The van der Waals surface area contributed by atoms with E-state index < -0.39 is 0 Å². The number of carbonyl (C=O) groups excluding carboxylic acids is 1. The second-order valence-corrected chi connectivity index (χ2v) is 12.3. The summed E-state index contributed by atoms with van der Waals surface area (Å²) in [6, 6.07) is 19.2. The van der Waals surface area contributed by atoms with Gasteiger partial charge in [0.1, 0.15) is 17.1 Å². The largest absolute Gasteiger partial charge is 0.494 e. The maximum absolute atomic E-state index is 13.7. The standard InChI is InChI=1S/C34H34FN5O2/c1-38-32-26(13-24(16-30(32)42-2)34(41)40-18-23-9-12-27(40)31(23)36)37-33(38)29-15-22-6-5-21(20-7-10-25(35)11-8-20)14-28(22)39(29)17-19-3-4-19/h5-8,10-11,13-16,19,23,27,31H,3-4,9,12,17-18,36H2,1-2H3/t23?,27?,31-/m1/s1. The number of aromatic nitrogens is 3. The molecule has 3 aromatic carbocycles. The van der Waals surface area contributed by atoms with Crippen LogP contribution >= 0.6 is 0 Å². The van der Waals surface area contributed by atoms with Gasteiger partial charge >= 0.3 is 0 Å². The van der Waals surface area contributed by atoms with E-state index in [9.17, 15) is 9.18 Å². The third-order valence-electron chi connectivity index (χ3n) is 9.76. The number of hydrogen-bond donors (Lipinski definition) is 1. The average molecular weight is 564 g/mol. The van der Waals surface area contributed by atoms with Crippen LogP contribution in [0.3, 0.4) is 0 Å². The van der Waals surface area contributed by atoms with Gasteiger partial charge in [0.25, 0.3) is 5.91 Å². The minimum absolute atomic E-state index is 0.00113. The molecule has 5 aromatic rings. The van der Waals surface area contributed by atoms with Gasteiger partial charge in [-0.1, -0.05) is 24.3 Å². The summed E-state index contributed by atoms with van der Waals surface area (Å²) in [6.45, 7) is 1.63. The topological polar surface area (TPSA) is 78.3 Å². The number of methoxy groups -OCH3 is 1. The second-order valence-electron chi connectivity index (χ2n) is 12.3. The number of nitrogens with two attached hydrogens (primary N) is 1. The average Bonchev–Trinajstić information content (AvgIpc) is 3.41. The van der Waals surface area contributed by atoms with Crippen LogP contribution in [-0.4, -0.2) is 50.7 Å². The number of amides is 1. The van der Waals surface area contributed by atoms with Crippen LogP contribution in [0, 0.1) is 17.7 Å². The molecule has 7 nitrogen and oxygen atoms in total. The zero-order chi connectivity index (χ0) is 28.7. The summed E-state index contributed by atoms with van der Waals surface area (Å²) in [5.41, 5.74) is 12.8. The van der Waals surface area contributed by atoms with Crippen LogP contribution in [0.5, 0.6) is 5.75 Å². The monoisotopic (exact) mass is 563 g/mol. The van der Waals surface area contributed by atoms with E-state index in [0.717, 1.165) is 70.5 Å². The molecule has 2 N–H and O–H groups in total. The summed E-state index contributed by atoms with van der Waals surface area (Å²) in [6.07, 6.45) is 4.52. The van der Waals surface area contributed by atoms with E-state index >= 15 is 0 Å². The number of ether oxygens (including phenoxy) is 1. The molecular formula is C34H34FN5O2. The van der Waals surface area contributed by atoms with Crippen molar-refractivity contribution in [2.75, 3.05) is 13.7 Å². The lowest BCUT2D eigenvalue weighted by molar-refractivity contribution is 0.0700. The van der Waals surface area contributed by atoms with Crippen molar-refractivity contribution in [1.82, 2.24) is 19.0 Å². The number of rotatable bonds is 6. The predicted octanol–water partition coefficient (Wildman–Crippen LogP) is 5.98. The summed E-state index contributed by atoms with van der Waals surface area (Å²) in [7, 11) is 3.65. The van der Waals surface area contributed by atoms with Gasteiger partial charge in [0.15, 0.2) is 5.82 Å². The van der Waals surface area contributed by atoms with Gasteiger partial charge in [-0.2, -0.15) is 0 Å². The Kier molecular flexibility index (Phi) is 5.73. The van der Waals surface area contributed by atoms with E-state index in [-0.39, 0.29) is 23.8 Å². The zero-order valence-electron chi connectivity index (χ0n) is 23.9. The Morgan fingerprint density at radius 3 is 2.50 bits per heavy atom. The lowest BCUT2D eigenvalue weighted by atomic mass is 10.0. The Morgan fingerprint density at radius 1 is 1.02 bits per heavy atom. The molecule has 3 aliphatic rings. The molecule has 3 fully saturated rings. The highest BCUT2D eigenvalue weighted by Crippen LogP contribution is 2.40. The fourth-order valence-corrected chi connectivity index (χ4v) is 7.28. The lowest BCUT2D eigenvalue weighted by Crippen LogP contribution is -2.41. The smallest absolute Gasteiger partial charge is 0.254 e.